The Morgan fingerprint density at radius 3 is 2.42 bits per heavy atom. The first kappa shape index (κ1) is 20.3. The van der Waals surface area contributed by atoms with Gasteiger partial charge < -0.3 is 5.32 Å². The van der Waals surface area contributed by atoms with Gasteiger partial charge in [0, 0.05) is 0 Å². The van der Waals surface area contributed by atoms with E-state index in [4.69, 9.17) is 11.6 Å². The fraction of sp³-hybridized carbons (Fsp3) is 0.316. The Morgan fingerprint density at radius 1 is 1.19 bits per heavy atom. The zero-order valence-corrected chi connectivity index (χ0v) is 16.9. The van der Waals surface area contributed by atoms with Gasteiger partial charge in [-0.15, -0.1) is 0 Å². The van der Waals surface area contributed by atoms with Crippen LogP contribution in [0.2, 0.25) is 5.02 Å². The average molecular weight is 395 g/mol. The van der Waals surface area contributed by atoms with Crippen molar-refractivity contribution in [2.75, 3.05) is 15.9 Å². The van der Waals surface area contributed by atoms with Gasteiger partial charge in [0.2, 0.25) is 15.9 Å². The Morgan fingerprint density at radius 2 is 1.85 bits per heavy atom. The minimum atomic E-state index is -3.68. The lowest BCUT2D eigenvalue weighted by Crippen LogP contribution is -2.47. The molecule has 0 aliphatic heterocycles. The number of hydrogen-bond acceptors (Lipinski definition) is 3. The second-order valence-electron chi connectivity index (χ2n) is 6.24. The predicted octanol–water partition coefficient (Wildman–Crippen LogP) is 4.14. The maximum atomic E-state index is 12.9. The first-order chi connectivity index (χ1) is 12.1. The molecule has 0 aliphatic rings. The van der Waals surface area contributed by atoms with Crippen molar-refractivity contribution in [2.24, 2.45) is 0 Å². The molecule has 2 rings (SSSR count). The molecule has 26 heavy (non-hydrogen) atoms. The third kappa shape index (κ3) is 4.56. The van der Waals surface area contributed by atoms with E-state index >= 15 is 0 Å². The van der Waals surface area contributed by atoms with Crippen molar-refractivity contribution in [3.8, 4) is 0 Å². The van der Waals surface area contributed by atoms with Crippen LogP contribution in [0.3, 0.4) is 0 Å². The smallest absolute Gasteiger partial charge is 0.248 e. The van der Waals surface area contributed by atoms with Crippen molar-refractivity contribution in [3.05, 3.63) is 58.6 Å². The summed E-state index contributed by atoms with van der Waals surface area (Å²) in [6.45, 7) is 5.49. The lowest BCUT2D eigenvalue weighted by molar-refractivity contribution is -0.117. The molecule has 0 aromatic heterocycles. The summed E-state index contributed by atoms with van der Waals surface area (Å²) < 4.78 is 26.3. The van der Waals surface area contributed by atoms with Gasteiger partial charge in [-0.05, 0) is 49.6 Å². The summed E-state index contributed by atoms with van der Waals surface area (Å²) in [6, 6.07) is 11.5. The lowest BCUT2D eigenvalue weighted by atomic mass is 10.1. The minimum absolute atomic E-state index is 0.316. The van der Waals surface area contributed by atoms with Crippen LogP contribution in [0.1, 0.15) is 24.5 Å². The quantitative estimate of drug-likeness (QED) is 0.800. The van der Waals surface area contributed by atoms with Crippen molar-refractivity contribution < 1.29 is 13.2 Å². The number of nitrogens with zero attached hydrogens (tertiary/aromatic N) is 1. The Kier molecular flexibility index (Phi) is 6.31. The number of aryl methyl sites for hydroxylation is 2. The Balaban J connectivity index is 2.47. The largest absolute Gasteiger partial charge is 0.323 e. The van der Waals surface area contributed by atoms with E-state index in [0.717, 1.165) is 17.4 Å². The van der Waals surface area contributed by atoms with Crippen molar-refractivity contribution >= 4 is 38.9 Å². The summed E-state index contributed by atoms with van der Waals surface area (Å²) in [4.78, 5) is 12.9. The molecule has 0 radical (unpaired) electrons. The molecule has 0 spiro atoms. The Labute approximate surface area is 160 Å². The summed E-state index contributed by atoms with van der Waals surface area (Å²) in [5.74, 6) is -0.424. The van der Waals surface area contributed by atoms with Crippen LogP contribution in [0.25, 0.3) is 0 Å². The molecule has 0 saturated carbocycles. The van der Waals surface area contributed by atoms with E-state index in [9.17, 15) is 13.2 Å². The van der Waals surface area contributed by atoms with E-state index in [2.05, 4.69) is 5.32 Å². The molecular formula is C19H23ClN2O3S. The SMILES string of the molecule is CCC(C(=O)Nc1ccccc1Cl)N(c1cc(C)ccc1C)S(C)(=O)=O. The van der Waals surface area contributed by atoms with Crippen LogP contribution >= 0.6 is 11.6 Å². The van der Waals surface area contributed by atoms with Crippen molar-refractivity contribution in [3.63, 3.8) is 0 Å². The third-order valence-corrected chi connectivity index (χ3v) is 5.56. The van der Waals surface area contributed by atoms with Gasteiger partial charge in [-0.25, -0.2) is 8.42 Å². The van der Waals surface area contributed by atoms with Crippen molar-refractivity contribution in [1.82, 2.24) is 0 Å². The van der Waals surface area contributed by atoms with Crippen LogP contribution in [0, 0.1) is 13.8 Å². The molecule has 1 atom stereocenters. The number of para-hydroxylation sites is 1. The number of anilines is 2. The number of sulfonamides is 1. The van der Waals surface area contributed by atoms with E-state index in [-0.39, 0.29) is 0 Å². The second kappa shape index (κ2) is 8.10. The highest BCUT2D eigenvalue weighted by Crippen LogP contribution is 2.28. The molecule has 0 bridgehead atoms. The molecule has 1 unspecified atom stereocenters. The van der Waals surface area contributed by atoms with Gasteiger partial charge in [0.25, 0.3) is 0 Å². The highest BCUT2D eigenvalue weighted by molar-refractivity contribution is 7.92. The zero-order valence-electron chi connectivity index (χ0n) is 15.3. The fourth-order valence-corrected chi connectivity index (χ4v) is 4.21. The second-order valence-corrected chi connectivity index (χ2v) is 8.51. The van der Waals surface area contributed by atoms with Gasteiger partial charge in [0.05, 0.1) is 22.7 Å². The van der Waals surface area contributed by atoms with Crippen LogP contribution in [0.15, 0.2) is 42.5 Å². The molecule has 0 heterocycles. The van der Waals surface area contributed by atoms with E-state index in [0.29, 0.717) is 22.8 Å². The molecular weight excluding hydrogens is 372 g/mol. The molecule has 0 fully saturated rings. The van der Waals surface area contributed by atoms with Crippen LogP contribution < -0.4 is 9.62 Å². The number of carbonyl (C=O) groups excluding carboxylic acids is 1. The molecule has 2 aromatic carbocycles. The van der Waals surface area contributed by atoms with Crippen molar-refractivity contribution in [2.45, 2.75) is 33.2 Å². The monoisotopic (exact) mass is 394 g/mol. The fourth-order valence-electron chi connectivity index (χ4n) is 2.77. The van der Waals surface area contributed by atoms with Crippen molar-refractivity contribution in [1.29, 1.82) is 0 Å². The van der Waals surface area contributed by atoms with Gasteiger partial charge in [0.1, 0.15) is 6.04 Å². The molecule has 2 aromatic rings. The average Bonchev–Trinajstić information content (AvgIpc) is 2.56. The summed E-state index contributed by atoms with van der Waals surface area (Å²) in [6.07, 6.45) is 1.43. The molecule has 1 amide bonds. The van der Waals surface area contributed by atoms with E-state index in [1.165, 1.54) is 4.31 Å². The molecule has 140 valence electrons. The van der Waals surface area contributed by atoms with Gasteiger partial charge in [0.15, 0.2) is 0 Å². The topological polar surface area (TPSA) is 66.5 Å². The number of carbonyl (C=O) groups is 1. The zero-order chi connectivity index (χ0) is 19.5. The number of halogens is 1. The summed E-state index contributed by atoms with van der Waals surface area (Å²) in [5, 5.41) is 3.14. The van der Waals surface area contributed by atoms with E-state index in [1.54, 1.807) is 37.3 Å². The van der Waals surface area contributed by atoms with Crippen LogP contribution in [-0.2, 0) is 14.8 Å². The molecule has 0 saturated heterocycles. The van der Waals surface area contributed by atoms with Gasteiger partial charge in [-0.2, -0.15) is 0 Å². The van der Waals surface area contributed by atoms with E-state index in [1.807, 2.05) is 26.0 Å². The molecule has 1 N–H and O–H groups in total. The number of rotatable bonds is 6. The summed E-state index contributed by atoms with van der Waals surface area (Å²) >= 11 is 6.10. The number of benzene rings is 2. The first-order valence-electron chi connectivity index (χ1n) is 8.27. The number of amides is 1. The van der Waals surface area contributed by atoms with Gasteiger partial charge >= 0.3 is 0 Å². The van der Waals surface area contributed by atoms with Gasteiger partial charge in [-0.3, -0.25) is 9.10 Å². The third-order valence-electron chi connectivity index (χ3n) is 4.06. The first-order valence-corrected chi connectivity index (χ1v) is 10.5. The lowest BCUT2D eigenvalue weighted by Gasteiger charge is -2.31. The number of hydrogen-bond donors (Lipinski definition) is 1. The van der Waals surface area contributed by atoms with Crippen LogP contribution in [0.5, 0.6) is 0 Å². The summed E-state index contributed by atoms with van der Waals surface area (Å²) in [5.41, 5.74) is 2.66. The molecule has 7 heteroatoms. The standard InChI is InChI=1S/C19H23ClN2O3S/c1-5-17(19(23)21-16-9-7-6-8-15(16)20)22(26(4,24)25)18-12-13(2)10-11-14(18)3/h6-12,17H,5H2,1-4H3,(H,21,23). The normalized spacial score (nSPS) is 12.5. The number of nitrogens with one attached hydrogen (secondary N) is 1. The highest BCUT2D eigenvalue weighted by atomic mass is 35.5. The molecule has 5 nitrogen and oxygen atoms in total. The van der Waals surface area contributed by atoms with E-state index < -0.39 is 22.0 Å². The maximum Gasteiger partial charge on any atom is 0.248 e. The van der Waals surface area contributed by atoms with Crippen LogP contribution in [0.4, 0.5) is 11.4 Å². The predicted molar refractivity (Wildman–Crippen MR) is 107 cm³/mol. The minimum Gasteiger partial charge on any atom is -0.323 e. The Hall–Kier alpha value is -2.05. The summed E-state index contributed by atoms with van der Waals surface area (Å²) in [7, 11) is -3.68. The van der Waals surface area contributed by atoms with Crippen LogP contribution in [-0.4, -0.2) is 26.6 Å². The Bertz CT molecular complexity index is 913. The highest BCUT2D eigenvalue weighted by Gasteiger charge is 2.32. The molecule has 0 aliphatic carbocycles. The van der Waals surface area contributed by atoms with Gasteiger partial charge in [-0.1, -0.05) is 42.8 Å². The maximum absolute atomic E-state index is 12.9.